The van der Waals surface area contributed by atoms with Crippen LogP contribution in [0.5, 0.6) is 0 Å². The van der Waals surface area contributed by atoms with Gasteiger partial charge in [0, 0.05) is 55.1 Å². The number of halogens is 1. The van der Waals surface area contributed by atoms with Crippen molar-refractivity contribution in [1.29, 1.82) is 16.1 Å². The summed E-state index contributed by atoms with van der Waals surface area (Å²) in [5.41, 5.74) is 2.13. The lowest BCUT2D eigenvalue weighted by molar-refractivity contribution is -0.136. The summed E-state index contributed by atoms with van der Waals surface area (Å²) in [6, 6.07) is 7.73. The summed E-state index contributed by atoms with van der Waals surface area (Å²) in [7, 11) is 0. The van der Waals surface area contributed by atoms with Gasteiger partial charge in [0.15, 0.2) is 0 Å². The Kier molecular flexibility index (Phi) is 6.28. The number of carbonyl (C=O) groups is 1. The molecule has 32 heavy (non-hydrogen) atoms. The standard InChI is InChI=1S/C23H26ClN7O/c1-2-20(26)31-10-9-30(14-21(31)27)23(32)15-5-7-29(8-6-15)22-16(12-25)13-28-19-4-3-17(24)11-18(19)22/h3-4,11,13,15,26-27H,2,5-10,14H2,1H3. The van der Waals surface area contributed by atoms with Crippen molar-refractivity contribution in [1.82, 2.24) is 14.8 Å². The summed E-state index contributed by atoms with van der Waals surface area (Å²) in [5, 5.41) is 27.3. The molecule has 0 spiro atoms. The van der Waals surface area contributed by atoms with Gasteiger partial charge in [0.25, 0.3) is 0 Å². The van der Waals surface area contributed by atoms with Crippen molar-refractivity contribution >= 4 is 45.8 Å². The summed E-state index contributed by atoms with van der Waals surface area (Å²) in [6.45, 7) is 4.52. The van der Waals surface area contributed by atoms with E-state index < -0.39 is 0 Å². The van der Waals surface area contributed by atoms with Crippen molar-refractivity contribution < 1.29 is 4.79 Å². The lowest BCUT2D eigenvalue weighted by Crippen LogP contribution is -2.55. The maximum atomic E-state index is 13.1. The molecular weight excluding hydrogens is 426 g/mol. The molecule has 2 aliphatic heterocycles. The molecule has 0 aliphatic carbocycles. The number of piperidine rings is 1. The van der Waals surface area contributed by atoms with Crippen LogP contribution in [0.1, 0.15) is 31.7 Å². The van der Waals surface area contributed by atoms with Gasteiger partial charge >= 0.3 is 0 Å². The second-order valence-corrected chi connectivity index (χ2v) is 8.65. The Morgan fingerprint density at radius 1 is 1.28 bits per heavy atom. The van der Waals surface area contributed by atoms with E-state index in [-0.39, 0.29) is 18.4 Å². The van der Waals surface area contributed by atoms with Gasteiger partial charge in [-0.1, -0.05) is 18.5 Å². The maximum Gasteiger partial charge on any atom is 0.226 e. The van der Waals surface area contributed by atoms with Gasteiger partial charge in [-0.25, -0.2) is 0 Å². The number of anilines is 1. The van der Waals surface area contributed by atoms with Crippen molar-refractivity contribution in [3.05, 3.63) is 35.0 Å². The van der Waals surface area contributed by atoms with Crippen LogP contribution in [0.25, 0.3) is 10.9 Å². The van der Waals surface area contributed by atoms with Gasteiger partial charge in [0.1, 0.15) is 17.7 Å². The Hall–Kier alpha value is -3.18. The van der Waals surface area contributed by atoms with Gasteiger partial charge in [0.05, 0.1) is 23.3 Å². The number of nitrogens with one attached hydrogen (secondary N) is 2. The van der Waals surface area contributed by atoms with Crippen LogP contribution in [0.2, 0.25) is 5.02 Å². The highest BCUT2D eigenvalue weighted by molar-refractivity contribution is 6.31. The van der Waals surface area contributed by atoms with Gasteiger partial charge in [-0.3, -0.25) is 20.6 Å². The molecule has 9 heteroatoms. The minimum absolute atomic E-state index is 0.0835. The number of aromatic nitrogens is 1. The zero-order valence-electron chi connectivity index (χ0n) is 18.1. The van der Waals surface area contributed by atoms with Crippen LogP contribution in [-0.2, 0) is 4.79 Å². The Bertz CT molecular complexity index is 1120. The number of rotatable bonds is 3. The number of carbonyl (C=O) groups excluding carboxylic acids is 1. The fourth-order valence-corrected chi connectivity index (χ4v) is 4.73. The lowest BCUT2D eigenvalue weighted by Gasteiger charge is -2.40. The fraction of sp³-hybridized carbons (Fsp3) is 0.435. The van der Waals surface area contributed by atoms with E-state index in [1.807, 2.05) is 19.1 Å². The Morgan fingerprint density at radius 3 is 2.69 bits per heavy atom. The van der Waals surface area contributed by atoms with Crippen LogP contribution in [0, 0.1) is 28.1 Å². The number of fused-ring (bicyclic) bond motifs is 1. The minimum Gasteiger partial charge on any atom is -0.370 e. The average Bonchev–Trinajstić information content (AvgIpc) is 2.82. The van der Waals surface area contributed by atoms with Crippen LogP contribution < -0.4 is 4.90 Å². The second-order valence-electron chi connectivity index (χ2n) is 8.21. The number of nitrogens with zero attached hydrogens (tertiary/aromatic N) is 5. The molecule has 0 bridgehead atoms. The van der Waals surface area contributed by atoms with Crippen molar-refractivity contribution in [2.75, 3.05) is 37.6 Å². The molecule has 1 amide bonds. The van der Waals surface area contributed by atoms with Gasteiger partial charge in [-0.2, -0.15) is 5.26 Å². The zero-order valence-corrected chi connectivity index (χ0v) is 18.8. The topological polar surface area (TPSA) is 111 Å². The molecule has 0 radical (unpaired) electrons. The van der Waals surface area contributed by atoms with Crippen molar-refractivity contribution in [2.24, 2.45) is 5.92 Å². The molecule has 0 atom stereocenters. The van der Waals surface area contributed by atoms with Crippen molar-refractivity contribution in [3.8, 4) is 6.07 Å². The van der Waals surface area contributed by atoms with Gasteiger partial charge < -0.3 is 14.7 Å². The van der Waals surface area contributed by atoms with Crippen LogP contribution in [0.15, 0.2) is 24.4 Å². The van der Waals surface area contributed by atoms with E-state index in [0.717, 1.165) is 16.6 Å². The van der Waals surface area contributed by atoms with Crippen LogP contribution in [-0.4, -0.2) is 65.1 Å². The smallest absolute Gasteiger partial charge is 0.226 e. The third kappa shape index (κ3) is 4.13. The largest absolute Gasteiger partial charge is 0.370 e. The molecule has 8 nitrogen and oxygen atoms in total. The Labute approximate surface area is 192 Å². The molecule has 1 aromatic carbocycles. The molecule has 166 valence electrons. The summed E-state index contributed by atoms with van der Waals surface area (Å²) < 4.78 is 0. The van der Waals surface area contributed by atoms with Crippen LogP contribution >= 0.6 is 11.6 Å². The third-order valence-corrected chi connectivity index (χ3v) is 6.55. The molecule has 3 heterocycles. The lowest BCUT2D eigenvalue weighted by atomic mass is 9.93. The number of hydrogen-bond donors (Lipinski definition) is 2. The van der Waals surface area contributed by atoms with E-state index in [2.05, 4.69) is 16.0 Å². The predicted molar refractivity (Wildman–Crippen MR) is 125 cm³/mol. The molecule has 0 unspecified atom stereocenters. The molecule has 0 saturated carbocycles. The van der Waals surface area contributed by atoms with E-state index in [4.69, 9.17) is 22.4 Å². The predicted octanol–water partition coefficient (Wildman–Crippen LogP) is 3.49. The molecule has 4 rings (SSSR count). The summed E-state index contributed by atoms with van der Waals surface area (Å²) in [4.78, 5) is 23.1. The highest BCUT2D eigenvalue weighted by Gasteiger charge is 2.33. The van der Waals surface area contributed by atoms with E-state index in [1.165, 1.54) is 0 Å². The molecule has 2 aliphatic rings. The molecular formula is C23H26ClN7O. The van der Waals surface area contributed by atoms with Crippen molar-refractivity contribution in [3.63, 3.8) is 0 Å². The quantitative estimate of drug-likeness (QED) is 0.548. The van der Waals surface area contributed by atoms with E-state index in [1.54, 1.807) is 22.1 Å². The number of hydrogen-bond acceptors (Lipinski definition) is 6. The summed E-state index contributed by atoms with van der Waals surface area (Å²) in [6.07, 6.45) is 3.55. The number of pyridine rings is 1. The maximum absolute atomic E-state index is 13.1. The summed E-state index contributed by atoms with van der Waals surface area (Å²) >= 11 is 6.21. The SMILES string of the molecule is CCC(=N)N1CCN(C(=O)C2CCN(c3c(C#N)cnc4ccc(Cl)cc34)CC2)CC1=N. The number of amides is 1. The normalized spacial score (nSPS) is 17.5. The highest BCUT2D eigenvalue weighted by Crippen LogP contribution is 2.34. The number of benzene rings is 1. The van der Waals surface area contributed by atoms with Crippen LogP contribution in [0.4, 0.5) is 5.69 Å². The number of amidine groups is 2. The van der Waals surface area contributed by atoms with Crippen molar-refractivity contribution in [2.45, 2.75) is 26.2 Å². The van der Waals surface area contributed by atoms with Crippen LogP contribution in [0.3, 0.4) is 0 Å². The van der Waals surface area contributed by atoms with Gasteiger partial charge in [-0.15, -0.1) is 0 Å². The first kappa shape index (κ1) is 22.0. The van der Waals surface area contributed by atoms with Gasteiger partial charge in [-0.05, 0) is 31.0 Å². The summed E-state index contributed by atoms with van der Waals surface area (Å²) in [5.74, 6) is 0.722. The fourth-order valence-electron chi connectivity index (χ4n) is 4.56. The van der Waals surface area contributed by atoms with E-state index >= 15 is 0 Å². The third-order valence-electron chi connectivity index (χ3n) is 6.31. The molecule has 2 N–H and O–H groups in total. The zero-order chi connectivity index (χ0) is 22.8. The highest BCUT2D eigenvalue weighted by atomic mass is 35.5. The first-order chi connectivity index (χ1) is 15.4. The number of nitriles is 1. The molecule has 2 fully saturated rings. The average molecular weight is 452 g/mol. The monoisotopic (exact) mass is 451 g/mol. The van der Waals surface area contributed by atoms with E-state index in [9.17, 15) is 10.1 Å². The Morgan fingerprint density at radius 2 is 2.03 bits per heavy atom. The molecule has 2 aromatic rings. The Balaban J connectivity index is 1.46. The van der Waals surface area contributed by atoms with Gasteiger partial charge in [0.2, 0.25) is 5.91 Å². The molecule has 2 saturated heterocycles. The molecule has 1 aromatic heterocycles. The van der Waals surface area contributed by atoms with E-state index in [0.29, 0.717) is 67.7 Å². The first-order valence-corrected chi connectivity index (χ1v) is 11.2. The second kappa shape index (κ2) is 9.13. The minimum atomic E-state index is -0.0987. The number of piperazine rings is 1. The first-order valence-electron chi connectivity index (χ1n) is 10.9.